The Morgan fingerprint density at radius 2 is 1.83 bits per heavy atom. The standard InChI is InChI=1S/C23H25ClN4.ClH/c1-14-7-5-6-8-21(14)26-23-25-16(3)15(2)22(27-23)28-12-11-18-9-10-19(24)13-20(18)17(28)4;/h5-10,13,17H,11-12H2,1-4H3,(H,25,26,27);1H. The zero-order valence-electron chi connectivity index (χ0n) is 17.2. The molecular formula is C23H26Cl2N4. The van der Waals surface area contributed by atoms with E-state index in [2.05, 4.69) is 60.2 Å². The molecule has 0 saturated carbocycles. The van der Waals surface area contributed by atoms with E-state index in [1.54, 1.807) is 0 Å². The monoisotopic (exact) mass is 428 g/mol. The predicted molar refractivity (Wildman–Crippen MR) is 124 cm³/mol. The number of halogens is 2. The van der Waals surface area contributed by atoms with Crippen LogP contribution in [0.1, 0.15) is 40.9 Å². The van der Waals surface area contributed by atoms with Crippen LogP contribution in [0.5, 0.6) is 0 Å². The lowest BCUT2D eigenvalue weighted by atomic mass is 9.93. The Hall–Kier alpha value is -2.30. The van der Waals surface area contributed by atoms with Crippen molar-refractivity contribution in [2.24, 2.45) is 0 Å². The molecule has 1 unspecified atom stereocenters. The molecular weight excluding hydrogens is 403 g/mol. The average Bonchev–Trinajstić information content (AvgIpc) is 2.67. The minimum Gasteiger partial charge on any atom is -0.349 e. The largest absolute Gasteiger partial charge is 0.349 e. The van der Waals surface area contributed by atoms with Gasteiger partial charge in [0, 0.05) is 28.5 Å². The summed E-state index contributed by atoms with van der Waals surface area (Å²) in [7, 11) is 0. The van der Waals surface area contributed by atoms with E-state index in [0.717, 1.165) is 40.8 Å². The fourth-order valence-corrected chi connectivity index (χ4v) is 4.04. The van der Waals surface area contributed by atoms with Crippen LogP contribution in [-0.4, -0.2) is 16.5 Å². The first-order valence-corrected chi connectivity index (χ1v) is 10.0. The molecule has 1 atom stereocenters. The van der Waals surface area contributed by atoms with E-state index in [1.165, 1.54) is 16.7 Å². The Balaban J connectivity index is 0.00000240. The average molecular weight is 429 g/mol. The molecule has 29 heavy (non-hydrogen) atoms. The number of benzene rings is 2. The van der Waals surface area contributed by atoms with Crippen LogP contribution >= 0.6 is 24.0 Å². The Bertz CT molecular complexity index is 1040. The van der Waals surface area contributed by atoms with Gasteiger partial charge in [0.15, 0.2) is 0 Å². The Morgan fingerprint density at radius 3 is 2.59 bits per heavy atom. The van der Waals surface area contributed by atoms with Gasteiger partial charge in [0.05, 0.1) is 6.04 Å². The number of fused-ring (bicyclic) bond motifs is 1. The number of aromatic nitrogens is 2. The summed E-state index contributed by atoms with van der Waals surface area (Å²) in [5.74, 6) is 1.62. The fourth-order valence-electron chi connectivity index (χ4n) is 3.86. The number of hydrogen-bond donors (Lipinski definition) is 1. The minimum atomic E-state index is 0. The number of para-hydroxylation sites is 1. The molecule has 1 aromatic heterocycles. The van der Waals surface area contributed by atoms with Gasteiger partial charge in [-0.05, 0) is 69.0 Å². The van der Waals surface area contributed by atoms with Crippen LogP contribution in [0.4, 0.5) is 17.5 Å². The molecule has 6 heteroatoms. The number of aryl methyl sites for hydroxylation is 2. The molecule has 0 saturated heterocycles. The van der Waals surface area contributed by atoms with Crippen molar-refractivity contribution in [3.05, 3.63) is 75.4 Å². The number of nitrogens with one attached hydrogen (secondary N) is 1. The van der Waals surface area contributed by atoms with Crippen molar-refractivity contribution < 1.29 is 0 Å². The third-order valence-corrected chi connectivity index (χ3v) is 5.91. The van der Waals surface area contributed by atoms with Gasteiger partial charge in [-0.2, -0.15) is 4.98 Å². The van der Waals surface area contributed by atoms with Gasteiger partial charge in [-0.15, -0.1) is 12.4 Å². The van der Waals surface area contributed by atoms with Gasteiger partial charge in [-0.3, -0.25) is 0 Å². The quantitative estimate of drug-likeness (QED) is 0.527. The summed E-state index contributed by atoms with van der Waals surface area (Å²) in [6.07, 6.45) is 0.986. The third kappa shape index (κ3) is 4.19. The number of rotatable bonds is 3. The van der Waals surface area contributed by atoms with Gasteiger partial charge in [0.2, 0.25) is 5.95 Å². The van der Waals surface area contributed by atoms with E-state index >= 15 is 0 Å². The van der Waals surface area contributed by atoms with Gasteiger partial charge in [0.1, 0.15) is 5.82 Å². The van der Waals surface area contributed by atoms with Crippen molar-refractivity contribution >= 4 is 41.5 Å². The van der Waals surface area contributed by atoms with Gasteiger partial charge in [-0.25, -0.2) is 4.98 Å². The molecule has 2 heterocycles. The fraction of sp³-hybridized carbons (Fsp3) is 0.304. The first-order valence-electron chi connectivity index (χ1n) is 9.67. The van der Waals surface area contributed by atoms with Crippen molar-refractivity contribution in [1.29, 1.82) is 0 Å². The number of nitrogens with zero attached hydrogens (tertiary/aromatic N) is 3. The van der Waals surface area contributed by atoms with Crippen LogP contribution in [-0.2, 0) is 6.42 Å². The highest BCUT2D eigenvalue weighted by atomic mass is 35.5. The SMILES string of the molecule is Cc1ccccc1Nc1nc(C)c(C)c(N2CCc3ccc(Cl)cc3C2C)n1.Cl. The molecule has 4 nitrogen and oxygen atoms in total. The summed E-state index contributed by atoms with van der Waals surface area (Å²) in [5, 5.41) is 4.18. The zero-order chi connectivity index (χ0) is 19.8. The summed E-state index contributed by atoms with van der Waals surface area (Å²) < 4.78 is 0. The Kier molecular flexibility index (Phi) is 6.35. The first-order chi connectivity index (χ1) is 13.4. The van der Waals surface area contributed by atoms with Gasteiger partial charge in [-0.1, -0.05) is 35.9 Å². The van der Waals surface area contributed by atoms with E-state index in [4.69, 9.17) is 16.6 Å². The van der Waals surface area contributed by atoms with E-state index in [1.807, 2.05) is 25.1 Å². The summed E-state index contributed by atoms with van der Waals surface area (Å²) in [6, 6.07) is 14.6. The van der Waals surface area contributed by atoms with Crippen molar-refractivity contribution in [2.75, 3.05) is 16.8 Å². The highest BCUT2D eigenvalue weighted by molar-refractivity contribution is 6.30. The lowest BCUT2D eigenvalue weighted by Gasteiger charge is -2.37. The molecule has 0 fully saturated rings. The van der Waals surface area contributed by atoms with E-state index < -0.39 is 0 Å². The number of hydrogen-bond acceptors (Lipinski definition) is 4. The summed E-state index contributed by atoms with van der Waals surface area (Å²) >= 11 is 6.27. The molecule has 3 aromatic rings. The zero-order valence-corrected chi connectivity index (χ0v) is 18.7. The predicted octanol–water partition coefficient (Wildman–Crippen LogP) is 6.34. The molecule has 0 bridgehead atoms. The van der Waals surface area contributed by atoms with E-state index in [9.17, 15) is 0 Å². The summed E-state index contributed by atoms with van der Waals surface area (Å²) in [5.41, 5.74) is 6.96. The number of anilines is 3. The maximum absolute atomic E-state index is 6.27. The van der Waals surface area contributed by atoms with Crippen molar-refractivity contribution in [2.45, 2.75) is 40.2 Å². The lowest BCUT2D eigenvalue weighted by Crippen LogP contribution is -2.35. The molecule has 1 N–H and O–H groups in total. The van der Waals surface area contributed by atoms with Crippen LogP contribution < -0.4 is 10.2 Å². The second-order valence-corrected chi connectivity index (χ2v) is 7.92. The third-order valence-electron chi connectivity index (χ3n) is 5.67. The highest BCUT2D eigenvalue weighted by Crippen LogP contribution is 2.36. The Labute approximate surface area is 183 Å². The van der Waals surface area contributed by atoms with Crippen LogP contribution in [0, 0.1) is 20.8 Å². The van der Waals surface area contributed by atoms with Gasteiger partial charge < -0.3 is 10.2 Å². The second-order valence-electron chi connectivity index (χ2n) is 7.48. The van der Waals surface area contributed by atoms with Crippen molar-refractivity contribution in [3.63, 3.8) is 0 Å². The molecule has 1 aliphatic heterocycles. The van der Waals surface area contributed by atoms with Crippen LogP contribution in [0.2, 0.25) is 5.02 Å². The summed E-state index contributed by atoms with van der Waals surface area (Å²) in [4.78, 5) is 12.0. The van der Waals surface area contributed by atoms with E-state index in [0.29, 0.717) is 5.95 Å². The lowest BCUT2D eigenvalue weighted by molar-refractivity contribution is 0.614. The van der Waals surface area contributed by atoms with Crippen molar-refractivity contribution in [3.8, 4) is 0 Å². The Morgan fingerprint density at radius 1 is 1.07 bits per heavy atom. The first kappa shape index (κ1) is 21.4. The van der Waals surface area contributed by atoms with Crippen molar-refractivity contribution in [1.82, 2.24) is 9.97 Å². The summed E-state index contributed by atoms with van der Waals surface area (Å²) in [6.45, 7) is 9.37. The molecule has 4 rings (SSSR count). The second kappa shape index (κ2) is 8.60. The maximum atomic E-state index is 6.27. The van der Waals surface area contributed by atoms with Crippen LogP contribution in [0.15, 0.2) is 42.5 Å². The molecule has 1 aliphatic rings. The molecule has 152 valence electrons. The van der Waals surface area contributed by atoms with Crippen LogP contribution in [0.25, 0.3) is 0 Å². The van der Waals surface area contributed by atoms with Crippen LogP contribution in [0.3, 0.4) is 0 Å². The molecule has 0 aliphatic carbocycles. The topological polar surface area (TPSA) is 41.1 Å². The molecule has 0 radical (unpaired) electrons. The van der Waals surface area contributed by atoms with Gasteiger partial charge in [0.25, 0.3) is 0 Å². The minimum absolute atomic E-state index is 0. The highest BCUT2D eigenvalue weighted by Gasteiger charge is 2.27. The molecule has 2 aromatic carbocycles. The van der Waals surface area contributed by atoms with Gasteiger partial charge >= 0.3 is 0 Å². The molecule has 0 amide bonds. The maximum Gasteiger partial charge on any atom is 0.229 e. The normalized spacial score (nSPS) is 15.5. The molecule has 0 spiro atoms. The van der Waals surface area contributed by atoms with E-state index in [-0.39, 0.29) is 18.4 Å². The smallest absolute Gasteiger partial charge is 0.229 e.